The van der Waals surface area contributed by atoms with Gasteiger partial charge >= 0.3 is 0 Å². The minimum absolute atomic E-state index is 0.276. The Hall–Kier alpha value is -1.35. The van der Waals surface area contributed by atoms with Crippen molar-refractivity contribution in [3.8, 4) is 0 Å². The highest BCUT2D eigenvalue weighted by molar-refractivity contribution is 5.76. The van der Waals surface area contributed by atoms with Crippen LogP contribution in [0.1, 0.15) is 24.3 Å². The van der Waals surface area contributed by atoms with Crippen molar-refractivity contribution in [3.05, 3.63) is 35.9 Å². The van der Waals surface area contributed by atoms with E-state index in [2.05, 4.69) is 29.6 Å². The number of hydrogen-bond donors (Lipinski definition) is 1. The highest BCUT2D eigenvalue weighted by Crippen LogP contribution is 2.27. The Labute approximate surface area is 103 Å². The zero-order valence-corrected chi connectivity index (χ0v) is 10.4. The van der Waals surface area contributed by atoms with Gasteiger partial charge in [-0.05, 0) is 19.0 Å². The van der Waals surface area contributed by atoms with Crippen molar-refractivity contribution in [2.45, 2.75) is 18.8 Å². The molecule has 0 saturated carbocycles. The summed E-state index contributed by atoms with van der Waals surface area (Å²) in [6, 6.07) is 10.5. The van der Waals surface area contributed by atoms with E-state index in [-0.39, 0.29) is 5.91 Å². The topological polar surface area (TPSA) is 32.3 Å². The first-order valence-corrected chi connectivity index (χ1v) is 6.28. The molecule has 1 aliphatic heterocycles. The summed E-state index contributed by atoms with van der Waals surface area (Å²) in [4.78, 5) is 13.9. The first-order chi connectivity index (χ1) is 8.31. The first kappa shape index (κ1) is 12.1. The number of rotatable bonds is 4. The summed E-state index contributed by atoms with van der Waals surface area (Å²) in [5.41, 5.74) is 1.36. The summed E-state index contributed by atoms with van der Waals surface area (Å²) in [7, 11) is 1.88. The Bertz CT molecular complexity index is 364. The Morgan fingerprint density at radius 2 is 2.18 bits per heavy atom. The number of carbonyl (C=O) groups excluding carboxylic acids is 1. The molecule has 0 aromatic heterocycles. The van der Waals surface area contributed by atoms with Gasteiger partial charge in [-0.25, -0.2) is 0 Å². The molecule has 0 aliphatic carbocycles. The van der Waals surface area contributed by atoms with Crippen LogP contribution in [-0.4, -0.2) is 37.5 Å². The fourth-order valence-corrected chi connectivity index (χ4v) is 2.37. The lowest BCUT2D eigenvalue weighted by Gasteiger charge is -2.16. The van der Waals surface area contributed by atoms with Crippen molar-refractivity contribution in [1.29, 1.82) is 0 Å². The highest BCUT2D eigenvalue weighted by atomic mass is 16.2. The molecule has 1 aromatic rings. The monoisotopic (exact) mass is 232 g/mol. The SMILES string of the molecule is CNCCC(=O)N1CCC(c2ccccc2)C1. The van der Waals surface area contributed by atoms with Crippen LogP contribution in [0.15, 0.2) is 30.3 Å². The van der Waals surface area contributed by atoms with Crippen LogP contribution in [0.5, 0.6) is 0 Å². The van der Waals surface area contributed by atoms with Gasteiger partial charge in [-0.1, -0.05) is 30.3 Å². The number of nitrogens with one attached hydrogen (secondary N) is 1. The van der Waals surface area contributed by atoms with Crippen LogP contribution in [-0.2, 0) is 4.79 Å². The van der Waals surface area contributed by atoms with E-state index in [9.17, 15) is 4.79 Å². The summed E-state index contributed by atoms with van der Waals surface area (Å²) in [5, 5.41) is 3.02. The van der Waals surface area contributed by atoms with Crippen LogP contribution >= 0.6 is 0 Å². The molecule has 0 spiro atoms. The maximum atomic E-state index is 11.9. The van der Waals surface area contributed by atoms with E-state index in [0.717, 1.165) is 26.1 Å². The second-order valence-electron chi connectivity index (χ2n) is 4.59. The zero-order valence-electron chi connectivity index (χ0n) is 10.4. The fraction of sp³-hybridized carbons (Fsp3) is 0.500. The van der Waals surface area contributed by atoms with Gasteiger partial charge in [0.2, 0.25) is 5.91 Å². The average molecular weight is 232 g/mol. The van der Waals surface area contributed by atoms with Crippen LogP contribution in [0.3, 0.4) is 0 Å². The summed E-state index contributed by atoms with van der Waals surface area (Å²) >= 11 is 0. The number of benzene rings is 1. The molecule has 1 heterocycles. The molecule has 1 fully saturated rings. The Balaban J connectivity index is 1.89. The first-order valence-electron chi connectivity index (χ1n) is 6.28. The molecule has 3 nitrogen and oxygen atoms in total. The molecule has 1 aromatic carbocycles. The molecule has 1 aliphatic rings. The quantitative estimate of drug-likeness (QED) is 0.855. The van der Waals surface area contributed by atoms with Crippen molar-refractivity contribution in [2.75, 3.05) is 26.7 Å². The number of carbonyl (C=O) groups is 1. The van der Waals surface area contributed by atoms with Gasteiger partial charge in [0, 0.05) is 32.0 Å². The van der Waals surface area contributed by atoms with E-state index in [0.29, 0.717) is 12.3 Å². The third-order valence-electron chi connectivity index (χ3n) is 3.40. The summed E-state index contributed by atoms with van der Waals surface area (Å²) in [6.07, 6.45) is 1.70. The van der Waals surface area contributed by atoms with Gasteiger partial charge in [0.1, 0.15) is 0 Å². The van der Waals surface area contributed by atoms with Crippen LogP contribution in [0.4, 0.5) is 0 Å². The van der Waals surface area contributed by atoms with Gasteiger partial charge in [0.15, 0.2) is 0 Å². The van der Waals surface area contributed by atoms with E-state index < -0.39 is 0 Å². The van der Waals surface area contributed by atoms with Crippen LogP contribution < -0.4 is 5.32 Å². The van der Waals surface area contributed by atoms with Gasteiger partial charge in [-0.3, -0.25) is 4.79 Å². The molecule has 3 heteroatoms. The Morgan fingerprint density at radius 1 is 1.41 bits per heavy atom. The molecule has 1 N–H and O–H groups in total. The lowest BCUT2D eigenvalue weighted by atomic mass is 9.99. The predicted octanol–water partition coefficient (Wildman–Crippen LogP) is 1.61. The molecule has 2 rings (SSSR count). The Morgan fingerprint density at radius 3 is 2.88 bits per heavy atom. The predicted molar refractivity (Wildman–Crippen MR) is 68.9 cm³/mol. The normalized spacial score (nSPS) is 19.6. The van der Waals surface area contributed by atoms with Crippen LogP contribution in [0.25, 0.3) is 0 Å². The third kappa shape index (κ3) is 3.07. The van der Waals surface area contributed by atoms with E-state index >= 15 is 0 Å². The summed E-state index contributed by atoms with van der Waals surface area (Å²) in [5.74, 6) is 0.799. The van der Waals surface area contributed by atoms with Gasteiger partial charge < -0.3 is 10.2 Å². The molecule has 1 atom stereocenters. The second-order valence-corrected chi connectivity index (χ2v) is 4.59. The molecule has 0 radical (unpaired) electrons. The summed E-state index contributed by atoms with van der Waals surface area (Å²) < 4.78 is 0. The van der Waals surface area contributed by atoms with Crippen LogP contribution in [0.2, 0.25) is 0 Å². The van der Waals surface area contributed by atoms with Gasteiger partial charge in [0.05, 0.1) is 0 Å². The largest absolute Gasteiger partial charge is 0.342 e. The molecule has 1 unspecified atom stereocenters. The average Bonchev–Trinajstić information content (AvgIpc) is 2.86. The molecular weight excluding hydrogens is 212 g/mol. The maximum absolute atomic E-state index is 11.9. The van der Waals surface area contributed by atoms with E-state index in [4.69, 9.17) is 0 Å². The number of amides is 1. The van der Waals surface area contributed by atoms with Crippen molar-refractivity contribution < 1.29 is 4.79 Å². The molecule has 1 amide bonds. The van der Waals surface area contributed by atoms with Crippen molar-refractivity contribution in [3.63, 3.8) is 0 Å². The highest BCUT2D eigenvalue weighted by Gasteiger charge is 2.26. The van der Waals surface area contributed by atoms with Crippen LogP contribution in [0, 0.1) is 0 Å². The van der Waals surface area contributed by atoms with Gasteiger partial charge in [-0.15, -0.1) is 0 Å². The zero-order chi connectivity index (χ0) is 12.1. The maximum Gasteiger partial charge on any atom is 0.223 e. The molecule has 1 saturated heterocycles. The lowest BCUT2D eigenvalue weighted by molar-refractivity contribution is -0.130. The summed E-state index contributed by atoms with van der Waals surface area (Å²) in [6.45, 7) is 2.56. The smallest absolute Gasteiger partial charge is 0.223 e. The van der Waals surface area contributed by atoms with Crippen molar-refractivity contribution in [1.82, 2.24) is 10.2 Å². The number of hydrogen-bond acceptors (Lipinski definition) is 2. The van der Waals surface area contributed by atoms with Crippen molar-refractivity contribution in [2.24, 2.45) is 0 Å². The molecule has 0 bridgehead atoms. The van der Waals surface area contributed by atoms with E-state index in [1.807, 2.05) is 18.0 Å². The molecular formula is C14H20N2O. The number of likely N-dealkylation sites (tertiary alicyclic amines) is 1. The lowest BCUT2D eigenvalue weighted by Crippen LogP contribution is -2.30. The van der Waals surface area contributed by atoms with Gasteiger partial charge in [-0.2, -0.15) is 0 Å². The van der Waals surface area contributed by atoms with Gasteiger partial charge in [0.25, 0.3) is 0 Å². The Kier molecular flexibility index (Phi) is 4.15. The fourth-order valence-electron chi connectivity index (χ4n) is 2.37. The number of nitrogens with zero attached hydrogens (tertiary/aromatic N) is 1. The van der Waals surface area contributed by atoms with E-state index in [1.165, 1.54) is 5.56 Å². The van der Waals surface area contributed by atoms with Crippen molar-refractivity contribution >= 4 is 5.91 Å². The van der Waals surface area contributed by atoms with E-state index in [1.54, 1.807) is 0 Å². The minimum atomic E-state index is 0.276. The standard InChI is InChI=1S/C14H20N2O/c1-15-9-7-14(17)16-10-8-13(11-16)12-5-3-2-4-6-12/h2-6,13,15H,7-11H2,1H3. The minimum Gasteiger partial charge on any atom is -0.342 e. The molecule has 92 valence electrons. The second kappa shape index (κ2) is 5.82. The third-order valence-corrected chi connectivity index (χ3v) is 3.40. The molecule has 17 heavy (non-hydrogen) atoms.